The van der Waals surface area contributed by atoms with Gasteiger partial charge in [0.05, 0.1) is 12.4 Å². The van der Waals surface area contributed by atoms with E-state index in [1.54, 1.807) is 0 Å². The molecule has 0 N–H and O–H groups in total. The van der Waals surface area contributed by atoms with Gasteiger partial charge in [0.25, 0.3) is 0 Å². The molecule has 3 aromatic rings. The van der Waals surface area contributed by atoms with Crippen molar-refractivity contribution < 1.29 is 14.3 Å². The van der Waals surface area contributed by atoms with E-state index in [0.717, 1.165) is 5.56 Å². The van der Waals surface area contributed by atoms with Gasteiger partial charge in [0, 0.05) is 12.6 Å². The number of carbonyl (C=O) groups is 1. The van der Waals surface area contributed by atoms with Crippen molar-refractivity contribution in [1.82, 2.24) is 14.8 Å². The Morgan fingerprint density at radius 1 is 1.07 bits per heavy atom. The van der Waals surface area contributed by atoms with E-state index >= 15 is 0 Å². The van der Waals surface area contributed by atoms with Crippen molar-refractivity contribution >= 4 is 17.5 Å². The molecule has 0 spiro atoms. The Morgan fingerprint density at radius 3 is 2.61 bits per heavy atom. The zero-order valence-corrected chi connectivity index (χ0v) is 17.0. The molecule has 0 radical (unpaired) electrons. The normalized spacial score (nSPS) is 10.7. The molecule has 0 amide bonds. The monoisotopic (exact) mass is 397 g/mol. The van der Waals surface area contributed by atoms with Gasteiger partial charge in [-0.3, -0.25) is 4.79 Å². The van der Waals surface area contributed by atoms with Crippen LogP contribution >= 0.6 is 11.8 Å². The van der Waals surface area contributed by atoms with Crippen LogP contribution in [0.2, 0.25) is 0 Å². The third-order valence-corrected chi connectivity index (χ3v) is 5.13. The number of nitrogens with zero attached hydrogens (tertiary/aromatic N) is 3. The molecule has 7 heteroatoms. The first kappa shape index (κ1) is 19.9. The average Bonchev–Trinajstić information content (AvgIpc) is 3.06. The summed E-state index contributed by atoms with van der Waals surface area (Å²) in [6.45, 7) is 4.78. The van der Waals surface area contributed by atoms with Crippen molar-refractivity contribution in [2.45, 2.75) is 25.6 Å². The van der Waals surface area contributed by atoms with Gasteiger partial charge in [0.15, 0.2) is 28.3 Å². The fraction of sp³-hybridized carbons (Fsp3) is 0.286. The van der Waals surface area contributed by atoms with Crippen LogP contribution in [0.1, 0.15) is 28.7 Å². The summed E-state index contributed by atoms with van der Waals surface area (Å²) in [7, 11) is 1.87. The highest BCUT2D eigenvalue weighted by Gasteiger charge is 2.14. The van der Waals surface area contributed by atoms with Crippen LogP contribution in [-0.4, -0.2) is 32.9 Å². The maximum Gasteiger partial charge on any atom is 0.191 e. The second-order valence-corrected chi connectivity index (χ2v) is 7.15. The largest absolute Gasteiger partial charge is 0.490 e. The molecule has 146 valence electrons. The lowest BCUT2D eigenvalue weighted by atomic mass is 10.2. The van der Waals surface area contributed by atoms with Crippen LogP contribution in [-0.2, 0) is 13.7 Å². The summed E-state index contributed by atoms with van der Waals surface area (Å²) in [6, 6.07) is 15.1. The minimum atomic E-state index is 0.0624. The van der Waals surface area contributed by atoms with Crippen LogP contribution in [0, 0.1) is 6.92 Å². The van der Waals surface area contributed by atoms with E-state index in [4.69, 9.17) is 9.47 Å². The first-order chi connectivity index (χ1) is 13.6. The lowest BCUT2D eigenvalue weighted by Gasteiger charge is -2.12. The SMILES string of the molecule is CCOc1cc(C)ccc1OCc1nnc(SCC(=O)c2ccccc2)n1C. The molecule has 3 rings (SSSR count). The van der Waals surface area contributed by atoms with Gasteiger partial charge >= 0.3 is 0 Å². The Hall–Kier alpha value is -2.80. The Bertz CT molecular complexity index is 941. The first-order valence-corrected chi connectivity index (χ1v) is 10.0. The molecule has 0 aliphatic rings. The summed E-state index contributed by atoms with van der Waals surface area (Å²) in [5.41, 5.74) is 1.81. The smallest absolute Gasteiger partial charge is 0.191 e. The number of aromatic nitrogens is 3. The second-order valence-electron chi connectivity index (χ2n) is 6.21. The highest BCUT2D eigenvalue weighted by atomic mass is 32.2. The summed E-state index contributed by atoms with van der Waals surface area (Å²) < 4.78 is 13.4. The van der Waals surface area contributed by atoms with E-state index in [9.17, 15) is 4.79 Å². The number of Topliss-reactive ketones (excluding diaryl/α,β-unsaturated/α-hetero) is 1. The van der Waals surface area contributed by atoms with Crippen molar-refractivity contribution in [3.05, 3.63) is 65.5 Å². The number of aryl methyl sites for hydroxylation is 1. The molecule has 0 saturated carbocycles. The number of ketones is 1. The number of rotatable bonds is 9. The summed E-state index contributed by atoms with van der Waals surface area (Å²) in [5.74, 6) is 2.44. The summed E-state index contributed by atoms with van der Waals surface area (Å²) in [6.07, 6.45) is 0. The molecule has 0 atom stereocenters. The standard InChI is InChI=1S/C21H23N3O3S/c1-4-26-19-12-15(2)10-11-18(19)27-13-20-22-23-21(24(20)3)28-14-17(25)16-8-6-5-7-9-16/h5-12H,4,13-14H2,1-3H3. The van der Waals surface area contributed by atoms with Crippen LogP contribution in [0.3, 0.4) is 0 Å². The van der Waals surface area contributed by atoms with Crippen molar-refractivity contribution in [2.75, 3.05) is 12.4 Å². The highest BCUT2D eigenvalue weighted by molar-refractivity contribution is 7.99. The number of hydrogen-bond acceptors (Lipinski definition) is 6. The van der Waals surface area contributed by atoms with Crippen molar-refractivity contribution in [3.8, 4) is 11.5 Å². The number of hydrogen-bond donors (Lipinski definition) is 0. The predicted octanol–water partition coefficient (Wildman–Crippen LogP) is 4.08. The maximum absolute atomic E-state index is 12.3. The van der Waals surface area contributed by atoms with E-state index in [-0.39, 0.29) is 12.4 Å². The van der Waals surface area contributed by atoms with E-state index in [2.05, 4.69) is 10.2 Å². The number of benzene rings is 2. The Balaban J connectivity index is 1.61. The molecule has 0 aliphatic heterocycles. The van der Waals surface area contributed by atoms with Gasteiger partial charge in [-0.2, -0.15) is 0 Å². The van der Waals surface area contributed by atoms with Gasteiger partial charge < -0.3 is 14.0 Å². The molecule has 0 aliphatic carbocycles. The lowest BCUT2D eigenvalue weighted by molar-refractivity contribution is 0.102. The average molecular weight is 398 g/mol. The van der Waals surface area contributed by atoms with Crippen molar-refractivity contribution in [3.63, 3.8) is 0 Å². The molecule has 0 unspecified atom stereocenters. The maximum atomic E-state index is 12.3. The summed E-state index contributed by atoms with van der Waals surface area (Å²) in [4.78, 5) is 12.3. The summed E-state index contributed by atoms with van der Waals surface area (Å²) >= 11 is 1.37. The van der Waals surface area contributed by atoms with Gasteiger partial charge in [0.2, 0.25) is 0 Å². The third kappa shape index (κ3) is 4.92. The highest BCUT2D eigenvalue weighted by Crippen LogP contribution is 2.29. The minimum absolute atomic E-state index is 0.0624. The molecule has 0 saturated heterocycles. The first-order valence-electron chi connectivity index (χ1n) is 9.04. The minimum Gasteiger partial charge on any atom is -0.490 e. The lowest BCUT2D eigenvalue weighted by Crippen LogP contribution is -2.07. The molecule has 1 aromatic heterocycles. The molecule has 2 aromatic carbocycles. The Kier molecular flexibility index (Phi) is 6.71. The number of carbonyl (C=O) groups excluding carboxylic acids is 1. The summed E-state index contributed by atoms with van der Waals surface area (Å²) in [5, 5.41) is 9.05. The van der Waals surface area contributed by atoms with Crippen LogP contribution in [0.25, 0.3) is 0 Å². The molecule has 28 heavy (non-hydrogen) atoms. The molecular formula is C21H23N3O3S. The van der Waals surface area contributed by atoms with Crippen molar-refractivity contribution in [2.24, 2.45) is 7.05 Å². The zero-order valence-electron chi connectivity index (χ0n) is 16.2. The molecule has 0 fully saturated rings. The molecule has 0 bridgehead atoms. The fourth-order valence-electron chi connectivity index (χ4n) is 2.58. The van der Waals surface area contributed by atoms with Crippen LogP contribution in [0.4, 0.5) is 0 Å². The molecule has 1 heterocycles. The van der Waals surface area contributed by atoms with E-state index in [1.165, 1.54) is 11.8 Å². The molecular weight excluding hydrogens is 374 g/mol. The Morgan fingerprint density at radius 2 is 1.86 bits per heavy atom. The zero-order chi connectivity index (χ0) is 19.9. The van der Waals surface area contributed by atoms with Gasteiger partial charge in [-0.15, -0.1) is 10.2 Å². The van der Waals surface area contributed by atoms with Gasteiger partial charge in [-0.05, 0) is 31.5 Å². The second kappa shape index (κ2) is 9.41. The van der Waals surface area contributed by atoms with Crippen LogP contribution < -0.4 is 9.47 Å². The third-order valence-electron chi connectivity index (χ3n) is 4.11. The van der Waals surface area contributed by atoms with Gasteiger partial charge in [-0.1, -0.05) is 48.2 Å². The van der Waals surface area contributed by atoms with Gasteiger partial charge in [0.1, 0.15) is 6.61 Å². The van der Waals surface area contributed by atoms with Crippen LogP contribution in [0.5, 0.6) is 11.5 Å². The van der Waals surface area contributed by atoms with Gasteiger partial charge in [-0.25, -0.2) is 0 Å². The van der Waals surface area contributed by atoms with E-state index < -0.39 is 0 Å². The number of ether oxygens (including phenoxy) is 2. The van der Waals surface area contributed by atoms with Crippen LogP contribution in [0.15, 0.2) is 53.7 Å². The number of thioether (sulfide) groups is 1. The predicted molar refractivity (Wildman–Crippen MR) is 109 cm³/mol. The fourth-order valence-corrected chi connectivity index (χ4v) is 3.40. The molecule has 6 nitrogen and oxygen atoms in total. The van der Waals surface area contributed by atoms with Crippen molar-refractivity contribution in [1.29, 1.82) is 0 Å². The Labute approximate surface area is 168 Å². The van der Waals surface area contributed by atoms with E-state index in [0.29, 0.717) is 40.4 Å². The quantitative estimate of drug-likeness (QED) is 0.400. The van der Waals surface area contributed by atoms with E-state index in [1.807, 2.05) is 74.0 Å². The topological polar surface area (TPSA) is 66.2 Å².